The lowest BCUT2D eigenvalue weighted by Gasteiger charge is -2.36. The van der Waals surface area contributed by atoms with Crippen molar-refractivity contribution in [1.29, 1.82) is 0 Å². The molecule has 3 aromatic carbocycles. The molecule has 2 amide bonds. The Bertz CT molecular complexity index is 1130. The third-order valence-corrected chi connectivity index (χ3v) is 6.22. The van der Waals surface area contributed by atoms with E-state index in [0.717, 1.165) is 31.2 Å². The summed E-state index contributed by atoms with van der Waals surface area (Å²) >= 11 is 0. The summed E-state index contributed by atoms with van der Waals surface area (Å²) in [6.07, 6.45) is 3.34. The van der Waals surface area contributed by atoms with E-state index in [1.807, 2.05) is 35.2 Å². The number of anilines is 1. The summed E-state index contributed by atoms with van der Waals surface area (Å²) in [5, 5.41) is 2.82. The van der Waals surface area contributed by atoms with E-state index < -0.39 is 5.82 Å². The van der Waals surface area contributed by atoms with E-state index in [9.17, 15) is 14.0 Å². The summed E-state index contributed by atoms with van der Waals surface area (Å²) < 4.78 is 19.3. The van der Waals surface area contributed by atoms with Crippen molar-refractivity contribution in [3.63, 3.8) is 0 Å². The monoisotopic (exact) mass is 475 g/mol. The molecule has 0 unspecified atom stereocenters. The van der Waals surface area contributed by atoms with Gasteiger partial charge in [-0.15, -0.1) is 0 Å². The van der Waals surface area contributed by atoms with Crippen LogP contribution in [-0.4, -0.2) is 35.4 Å². The fourth-order valence-corrected chi connectivity index (χ4v) is 4.32. The molecular formula is C28H30FN3O3. The van der Waals surface area contributed by atoms with Gasteiger partial charge in [-0.2, -0.15) is 0 Å². The van der Waals surface area contributed by atoms with Crippen molar-refractivity contribution in [3.05, 3.63) is 95.8 Å². The molecule has 0 aliphatic heterocycles. The van der Waals surface area contributed by atoms with Crippen LogP contribution in [0.5, 0.6) is 5.75 Å². The van der Waals surface area contributed by atoms with Gasteiger partial charge in [-0.05, 0) is 73.7 Å². The summed E-state index contributed by atoms with van der Waals surface area (Å²) in [5.74, 6) is -0.258. The summed E-state index contributed by atoms with van der Waals surface area (Å²) in [6, 6.07) is 22.5. The second kappa shape index (κ2) is 11.6. The lowest BCUT2D eigenvalue weighted by Crippen LogP contribution is -2.43. The highest BCUT2D eigenvalue weighted by molar-refractivity contribution is 5.94. The second-order valence-corrected chi connectivity index (χ2v) is 8.86. The second-order valence-electron chi connectivity index (χ2n) is 8.86. The van der Waals surface area contributed by atoms with Crippen LogP contribution >= 0.6 is 0 Å². The molecule has 0 aromatic heterocycles. The summed E-state index contributed by atoms with van der Waals surface area (Å²) in [4.78, 5) is 27.4. The number of carbonyl (C=O) groups excluding carboxylic acids is 2. The van der Waals surface area contributed by atoms with Crippen molar-refractivity contribution in [2.75, 3.05) is 11.9 Å². The Morgan fingerprint density at radius 1 is 0.943 bits per heavy atom. The third-order valence-electron chi connectivity index (χ3n) is 6.22. The molecule has 4 rings (SSSR count). The van der Waals surface area contributed by atoms with Crippen LogP contribution in [-0.2, 0) is 11.3 Å². The number of halogens is 1. The number of amides is 2. The zero-order valence-electron chi connectivity index (χ0n) is 19.5. The fraction of sp³-hybridized carbons (Fsp3) is 0.286. The minimum atomic E-state index is -0.433. The largest absolute Gasteiger partial charge is 0.484 e. The van der Waals surface area contributed by atoms with Gasteiger partial charge in [0, 0.05) is 29.9 Å². The van der Waals surface area contributed by atoms with Gasteiger partial charge in [-0.25, -0.2) is 4.39 Å². The van der Waals surface area contributed by atoms with Gasteiger partial charge in [0.1, 0.15) is 11.6 Å². The van der Waals surface area contributed by atoms with Crippen LogP contribution in [0.15, 0.2) is 78.9 Å². The average Bonchev–Trinajstić information content (AvgIpc) is 2.88. The average molecular weight is 476 g/mol. The normalized spacial score (nSPS) is 17.4. The quantitative estimate of drug-likeness (QED) is 0.492. The Kier molecular flexibility index (Phi) is 8.11. The Hall–Kier alpha value is -3.71. The number of nitrogens with two attached hydrogens (primary N) is 1. The van der Waals surface area contributed by atoms with Crippen molar-refractivity contribution >= 4 is 17.5 Å². The molecule has 182 valence electrons. The number of ether oxygens (including phenoxy) is 1. The van der Waals surface area contributed by atoms with E-state index in [0.29, 0.717) is 23.5 Å². The van der Waals surface area contributed by atoms with Crippen molar-refractivity contribution in [2.45, 2.75) is 44.3 Å². The van der Waals surface area contributed by atoms with Gasteiger partial charge in [0.2, 0.25) is 0 Å². The maximum Gasteiger partial charge on any atom is 0.262 e. The molecule has 1 saturated carbocycles. The lowest BCUT2D eigenvalue weighted by atomic mass is 9.90. The number of rotatable bonds is 8. The molecule has 6 nitrogen and oxygen atoms in total. The number of para-hydroxylation sites is 1. The zero-order valence-corrected chi connectivity index (χ0v) is 19.5. The predicted octanol–water partition coefficient (Wildman–Crippen LogP) is 4.76. The molecule has 0 atom stereocenters. The molecule has 0 heterocycles. The van der Waals surface area contributed by atoms with Gasteiger partial charge in [0.25, 0.3) is 11.8 Å². The molecule has 35 heavy (non-hydrogen) atoms. The maximum atomic E-state index is 13.8. The predicted molar refractivity (Wildman–Crippen MR) is 134 cm³/mol. The first-order chi connectivity index (χ1) is 17.0. The lowest BCUT2D eigenvalue weighted by molar-refractivity contribution is -0.118. The minimum absolute atomic E-state index is 0.0417. The number of benzene rings is 3. The van der Waals surface area contributed by atoms with Crippen LogP contribution < -0.4 is 15.8 Å². The number of carbonyl (C=O) groups is 2. The standard InChI is InChI=1S/C28H30FN3O3/c29-22-6-4-5-21(17-22)28(34)32(25-15-11-23(30)12-16-25)18-20-9-13-24(14-10-20)31-27(33)19-35-26-7-2-1-3-8-26/h1-10,13-14,17,23,25H,11-12,15-16,18-19,30H2,(H,31,33). The highest BCUT2D eigenvalue weighted by Gasteiger charge is 2.28. The Morgan fingerprint density at radius 2 is 1.66 bits per heavy atom. The van der Waals surface area contributed by atoms with Gasteiger partial charge in [0.05, 0.1) is 0 Å². The fourth-order valence-electron chi connectivity index (χ4n) is 4.32. The van der Waals surface area contributed by atoms with Gasteiger partial charge >= 0.3 is 0 Å². The van der Waals surface area contributed by atoms with Gasteiger partial charge in [-0.1, -0.05) is 36.4 Å². The summed E-state index contributed by atoms with van der Waals surface area (Å²) in [6.45, 7) is 0.298. The Labute approximate surface area is 204 Å². The smallest absolute Gasteiger partial charge is 0.262 e. The van der Waals surface area contributed by atoms with Crippen LogP contribution in [0, 0.1) is 5.82 Å². The zero-order chi connectivity index (χ0) is 24.6. The van der Waals surface area contributed by atoms with Crippen LogP contribution in [0.2, 0.25) is 0 Å². The Balaban J connectivity index is 1.41. The van der Waals surface area contributed by atoms with E-state index in [-0.39, 0.29) is 30.5 Å². The topological polar surface area (TPSA) is 84.7 Å². The molecule has 1 aliphatic rings. The molecule has 3 aromatic rings. The van der Waals surface area contributed by atoms with E-state index in [1.54, 1.807) is 36.4 Å². The van der Waals surface area contributed by atoms with Crippen molar-refractivity contribution in [1.82, 2.24) is 4.90 Å². The SMILES string of the molecule is NC1CCC(N(Cc2ccc(NC(=O)COc3ccccc3)cc2)C(=O)c2cccc(F)c2)CC1. The maximum absolute atomic E-state index is 13.8. The molecule has 0 bridgehead atoms. The highest BCUT2D eigenvalue weighted by atomic mass is 19.1. The van der Waals surface area contributed by atoms with Gasteiger partial charge < -0.3 is 20.7 Å². The van der Waals surface area contributed by atoms with Crippen LogP contribution in [0.1, 0.15) is 41.6 Å². The first-order valence-corrected chi connectivity index (χ1v) is 11.9. The number of hydrogen-bond acceptors (Lipinski definition) is 4. The molecule has 7 heteroatoms. The number of nitrogens with zero attached hydrogens (tertiary/aromatic N) is 1. The first kappa shape index (κ1) is 24.4. The van der Waals surface area contributed by atoms with Crippen molar-refractivity contribution < 1.29 is 18.7 Å². The highest BCUT2D eigenvalue weighted by Crippen LogP contribution is 2.26. The first-order valence-electron chi connectivity index (χ1n) is 11.9. The molecular weight excluding hydrogens is 445 g/mol. The van der Waals surface area contributed by atoms with Crippen molar-refractivity contribution in [2.24, 2.45) is 5.73 Å². The molecule has 3 N–H and O–H groups in total. The number of nitrogens with one attached hydrogen (secondary N) is 1. The number of hydrogen-bond donors (Lipinski definition) is 2. The van der Waals surface area contributed by atoms with Gasteiger partial charge in [0.15, 0.2) is 6.61 Å². The van der Waals surface area contributed by atoms with E-state index in [1.165, 1.54) is 12.1 Å². The van der Waals surface area contributed by atoms with E-state index >= 15 is 0 Å². The minimum Gasteiger partial charge on any atom is -0.484 e. The van der Waals surface area contributed by atoms with Crippen LogP contribution in [0.25, 0.3) is 0 Å². The molecule has 1 fully saturated rings. The summed E-state index contributed by atoms with van der Waals surface area (Å²) in [7, 11) is 0. The van der Waals surface area contributed by atoms with Crippen LogP contribution in [0.4, 0.5) is 10.1 Å². The van der Waals surface area contributed by atoms with E-state index in [4.69, 9.17) is 10.5 Å². The molecule has 0 saturated heterocycles. The van der Waals surface area contributed by atoms with Crippen LogP contribution in [0.3, 0.4) is 0 Å². The van der Waals surface area contributed by atoms with Crippen molar-refractivity contribution in [3.8, 4) is 5.75 Å². The molecule has 0 radical (unpaired) electrons. The summed E-state index contributed by atoms with van der Waals surface area (Å²) in [5.41, 5.74) is 7.97. The Morgan fingerprint density at radius 3 is 2.34 bits per heavy atom. The van der Waals surface area contributed by atoms with Gasteiger partial charge in [-0.3, -0.25) is 9.59 Å². The molecule has 1 aliphatic carbocycles. The molecule has 0 spiro atoms. The van der Waals surface area contributed by atoms with E-state index in [2.05, 4.69) is 5.32 Å². The third kappa shape index (κ3) is 6.90.